The molecule has 1 aromatic heterocycles. The lowest BCUT2D eigenvalue weighted by Crippen LogP contribution is -2.25. The number of likely N-dealkylation sites (N-methyl/N-ethyl adjacent to an activating group) is 1. The highest BCUT2D eigenvalue weighted by molar-refractivity contribution is 6.03. The molecule has 0 aliphatic carbocycles. The molecular formula is C15H14N2O. The van der Waals surface area contributed by atoms with E-state index >= 15 is 0 Å². The van der Waals surface area contributed by atoms with Gasteiger partial charge in [-0.25, -0.2) is 4.98 Å². The second kappa shape index (κ2) is 4.26. The molecule has 2 heterocycles. The second-order valence-corrected chi connectivity index (χ2v) is 4.56. The topological polar surface area (TPSA) is 33.2 Å². The number of hydrogen-bond donors (Lipinski definition) is 0. The minimum atomic E-state index is -0.0962. The van der Waals surface area contributed by atoms with Crippen molar-refractivity contribution in [3.05, 3.63) is 59.8 Å². The highest BCUT2D eigenvalue weighted by Gasteiger charge is 2.35. The van der Waals surface area contributed by atoms with Crippen molar-refractivity contribution in [2.75, 3.05) is 11.9 Å². The van der Waals surface area contributed by atoms with Crippen molar-refractivity contribution in [1.29, 1.82) is 0 Å². The Labute approximate surface area is 106 Å². The Hall–Kier alpha value is -2.16. The van der Waals surface area contributed by atoms with Crippen molar-refractivity contribution >= 4 is 11.7 Å². The molecule has 3 rings (SSSR count). The average Bonchev–Trinajstić information content (AvgIpc) is 2.66. The molecule has 0 radical (unpaired) electrons. The van der Waals surface area contributed by atoms with Gasteiger partial charge in [0.25, 0.3) is 0 Å². The van der Waals surface area contributed by atoms with Gasteiger partial charge in [0.1, 0.15) is 5.82 Å². The van der Waals surface area contributed by atoms with Crippen LogP contribution in [0.3, 0.4) is 0 Å². The van der Waals surface area contributed by atoms with Crippen molar-refractivity contribution < 1.29 is 4.79 Å². The highest BCUT2D eigenvalue weighted by Crippen LogP contribution is 2.36. The predicted molar refractivity (Wildman–Crippen MR) is 70.5 cm³/mol. The van der Waals surface area contributed by atoms with Crippen LogP contribution in [-0.4, -0.2) is 17.9 Å². The Balaban J connectivity index is 1.96. The van der Waals surface area contributed by atoms with Gasteiger partial charge in [0.2, 0.25) is 5.91 Å². The van der Waals surface area contributed by atoms with Crippen LogP contribution >= 0.6 is 0 Å². The molecule has 0 saturated heterocycles. The number of carbonyl (C=O) groups is 1. The fourth-order valence-corrected chi connectivity index (χ4v) is 2.48. The number of aromatic nitrogens is 1. The number of carbonyl (C=O) groups excluding carboxylic acids is 1. The first-order valence-corrected chi connectivity index (χ1v) is 6.04. The Bertz CT molecular complexity index is 580. The van der Waals surface area contributed by atoms with Gasteiger partial charge in [-0.3, -0.25) is 9.69 Å². The zero-order chi connectivity index (χ0) is 12.5. The first-order valence-electron chi connectivity index (χ1n) is 6.04. The Morgan fingerprint density at radius 3 is 2.72 bits per heavy atom. The summed E-state index contributed by atoms with van der Waals surface area (Å²) in [6, 6.07) is 14.0. The van der Waals surface area contributed by atoms with E-state index < -0.39 is 0 Å². The summed E-state index contributed by atoms with van der Waals surface area (Å²) in [5, 5.41) is 0. The van der Waals surface area contributed by atoms with E-state index in [0.717, 1.165) is 17.8 Å². The van der Waals surface area contributed by atoms with Crippen LogP contribution in [0.5, 0.6) is 0 Å². The van der Waals surface area contributed by atoms with Crippen molar-refractivity contribution in [1.82, 2.24) is 4.98 Å². The van der Waals surface area contributed by atoms with E-state index in [0.29, 0.717) is 0 Å². The lowest BCUT2D eigenvalue weighted by atomic mass is 9.94. The third-order valence-electron chi connectivity index (χ3n) is 3.42. The van der Waals surface area contributed by atoms with Crippen molar-refractivity contribution in [2.24, 2.45) is 0 Å². The van der Waals surface area contributed by atoms with Gasteiger partial charge in [0.05, 0.1) is 5.92 Å². The molecule has 0 N–H and O–H groups in total. The average molecular weight is 238 g/mol. The summed E-state index contributed by atoms with van der Waals surface area (Å²) >= 11 is 0. The number of pyridine rings is 1. The van der Waals surface area contributed by atoms with Crippen LogP contribution < -0.4 is 4.90 Å². The Kier molecular flexibility index (Phi) is 2.59. The van der Waals surface area contributed by atoms with Gasteiger partial charge in [0.15, 0.2) is 0 Å². The predicted octanol–water partition coefficient (Wildman–Crippen LogP) is 2.38. The monoisotopic (exact) mass is 238 g/mol. The standard InChI is InChI=1S/C15H14N2O/c1-17-14-12(8-5-9-16-14)13(15(17)18)10-11-6-3-2-4-7-11/h2-9,13H,10H2,1H3. The van der Waals surface area contributed by atoms with Gasteiger partial charge in [-0.05, 0) is 18.1 Å². The third kappa shape index (κ3) is 1.68. The van der Waals surface area contributed by atoms with Crippen molar-refractivity contribution in [3.8, 4) is 0 Å². The maximum atomic E-state index is 12.3. The number of benzene rings is 1. The molecule has 0 spiro atoms. The number of anilines is 1. The smallest absolute Gasteiger partial charge is 0.235 e. The summed E-state index contributed by atoms with van der Waals surface area (Å²) in [7, 11) is 1.79. The van der Waals surface area contributed by atoms with Gasteiger partial charge in [-0.2, -0.15) is 0 Å². The maximum absolute atomic E-state index is 12.3. The van der Waals surface area contributed by atoms with Crippen LogP contribution in [0.25, 0.3) is 0 Å². The molecule has 1 aromatic carbocycles. The molecule has 1 atom stereocenters. The maximum Gasteiger partial charge on any atom is 0.235 e. The minimum Gasteiger partial charge on any atom is -0.299 e. The summed E-state index contributed by atoms with van der Waals surface area (Å²) in [4.78, 5) is 18.2. The number of rotatable bonds is 2. The van der Waals surface area contributed by atoms with Crippen LogP contribution in [0, 0.1) is 0 Å². The summed E-state index contributed by atoms with van der Waals surface area (Å²) in [5.74, 6) is 0.831. The van der Waals surface area contributed by atoms with Crippen molar-refractivity contribution in [3.63, 3.8) is 0 Å². The van der Waals surface area contributed by atoms with Gasteiger partial charge in [0, 0.05) is 18.8 Å². The summed E-state index contributed by atoms with van der Waals surface area (Å²) < 4.78 is 0. The largest absolute Gasteiger partial charge is 0.299 e. The fraction of sp³-hybridized carbons (Fsp3) is 0.200. The van der Waals surface area contributed by atoms with E-state index in [4.69, 9.17) is 0 Å². The SMILES string of the molecule is CN1C(=O)C(Cc2ccccc2)c2cccnc21. The molecule has 3 nitrogen and oxygen atoms in total. The molecule has 0 fully saturated rings. The van der Waals surface area contributed by atoms with Crippen LogP contribution in [-0.2, 0) is 11.2 Å². The zero-order valence-electron chi connectivity index (χ0n) is 10.2. The van der Waals surface area contributed by atoms with Crippen LogP contribution in [0.1, 0.15) is 17.0 Å². The van der Waals surface area contributed by atoms with Crippen LogP contribution in [0.15, 0.2) is 48.7 Å². The number of amides is 1. The van der Waals surface area contributed by atoms with E-state index in [1.54, 1.807) is 18.1 Å². The molecule has 0 bridgehead atoms. The number of hydrogen-bond acceptors (Lipinski definition) is 2. The number of fused-ring (bicyclic) bond motifs is 1. The highest BCUT2D eigenvalue weighted by atomic mass is 16.2. The molecule has 3 heteroatoms. The van der Waals surface area contributed by atoms with Crippen molar-refractivity contribution in [2.45, 2.75) is 12.3 Å². The third-order valence-corrected chi connectivity index (χ3v) is 3.42. The Morgan fingerprint density at radius 2 is 1.94 bits per heavy atom. The zero-order valence-corrected chi connectivity index (χ0v) is 10.2. The molecule has 0 saturated carbocycles. The van der Waals surface area contributed by atoms with Crippen LogP contribution in [0.2, 0.25) is 0 Å². The van der Waals surface area contributed by atoms with E-state index in [-0.39, 0.29) is 11.8 Å². The fourth-order valence-electron chi connectivity index (χ4n) is 2.48. The number of nitrogens with zero attached hydrogens (tertiary/aromatic N) is 2. The van der Waals surface area contributed by atoms with E-state index in [1.165, 1.54) is 5.56 Å². The molecule has 1 aliphatic heterocycles. The molecule has 2 aromatic rings. The van der Waals surface area contributed by atoms with E-state index in [9.17, 15) is 4.79 Å². The second-order valence-electron chi connectivity index (χ2n) is 4.56. The van der Waals surface area contributed by atoms with Gasteiger partial charge < -0.3 is 0 Å². The molecule has 90 valence electrons. The summed E-state index contributed by atoms with van der Waals surface area (Å²) in [5.41, 5.74) is 2.22. The van der Waals surface area contributed by atoms with Gasteiger partial charge >= 0.3 is 0 Å². The van der Waals surface area contributed by atoms with Crippen LogP contribution in [0.4, 0.5) is 5.82 Å². The lowest BCUT2D eigenvalue weighted by molar-refractivity contribution is -0.119. The summed E-state index contributed by atoms with van der Waals surface area (Å²) in [6.45, 7) is 0. The normalized spacial score (nSPS) is 17.9. The van der Waals surface area contributed by atoms with E-state index in [2.05, 4.69) is 17.1 Å². The lowest BCUT2D eigenvalue weighted by Gasteiger charge is -2.10. The summed E-state index contributed by atoms with van der Waals surface area (Å²) in [6.07, 6.45) is 2.47. The first kappa shape index (κ1) is 11.0. The van der Waals surface area contributed by atoms with Gasteiger partial charge in [-0.1, -0.05) is 36.4 Å². The molecule has 1 amide bonds. The van der Waals surface area contributed by atoms with Gasteiger partial charge in [-0.15, -0.1) is 0 Å². The molecule has 1 unspecified atom stereocenters. The molecule has 18 heavy (non-hydrogen) atoms. The minimum absolute atomic E-state index is 0.0962. The molecule has 1 aliphatic rings. The molecular weight excluding hydrogens is 224 g/mol. The first-order chi connectivity index (χ1) is 8.77. The van der Waals surface area contributed by atoms with E-state index in [1.807, 2.05) is 30.3 Å². The Morgan fingerprint density at radius 1 is 1.17 bits per heavy atom. The quantitative estimate of drug-likeness (QED) is 0.804.